The Balaban J connectivity index is 1.35. The van der Waals surface area contributed by atoms with E-state index in [9.17, 15) is 22.8 Å². The quantitative estimate of drug-likeness (QED) is 0.466. The van der Waals surface area contributed by atoms with E-state index >= 15 is 0 Å². The predicted molar refractivity (Wildman–Crippen MR) is 126 cm³/mol. The van der Waals surface area contributed by atoms with Gasteiger partial charge in [-0.3, -0.25) is 19.1 Å². The zero-order valence-corrected chi connectivity index (χ0v) is 19.1. The van der Waals surface area contributed by atoms with Crippen LogP contribution < -0.4 is 11.2 Å². The van der Waals surface area contributed by atoms with Crippen LogP contribution in [0, 0.1) is 0 Å². The lowest BCUT2D eigenvalue weighted by molar-refractivity contribution is 0.0697. The zero-order chi connectivity index (χ0) is 24.0. The van der Waals surface area contributed by atoms with E-state index in [0.29, 0.717) is 0 Å². The molecule has 1 fully saturated rings. The van der Waals surface area contributed by atoms with Crippen LogP contribution in [0.5, 0.6) is 0 Å². The highest BCUT2D eigenvalue weighted by molar-refractivity contribution is 7.89. The van der Waals surface area contributed by atoms with Gasteiger partial charge in [0.25, 0.3) is 11.5 Å². The Morgan fingerprint density at radius 3 is 2.41 bits per heavy atom. The van der Waals surface area contributed by atoms with Crippen molar-refractivity contribution in [3.8, 4) is 0 Å². The molecule has 1 saturated heterocycles. The lowest BCUT2D eigenvalue weighted by Gasteiger charge is -2.34. The molecule has 2 aromatic carbocycles. The number of hydrogen-bond acceptors (Lipinski definition) is 6. The molecule has 10 nitrogen and oxygen atoms in total. The lowest BCUT2D eigenvalue weighted by atomic mass is 10.1. The topological polar surface area (TPSA) is 125 Å². The zero-order valence-electron chi connectivity index (χ0n) is 18.3. The predicted octanol–water partition coefficient (Wildman–Crippen LogP) is 0.922. The van der Waals surface area contributed by atoms with Crippen LogP contribution in [0.1, 0.15) is 10.4 Å². The van der Waals surface area contributed by atoms with Crippen LogP contribution in [0.2, 0.25) is 0 Å². The van der Waals surface area contributed by atoms with Crippen molar-refractivity contribution in [3.63, 3.8) is 0 Å². The lowest BCUT2D eigenvalue weighted by Crippen LogP contribution is -2.50. The SMILES string of the molecule is Cn1c(=O)[nH]c(=O)c2cc(C(=O)N3CCN(S(=O)(=O)c4ccc5ccccc5c4)CC3)cnc21. The van der Waals surface area contributed by atoms with Gasteiger partial charge in [0.15, 0.2) is 0 Å². The summed E-state index contributed by atoms with van der Waals surface area (Å²) in [5.41, 5.74) is -0.835. The molecule has 0 atom stereocenters. The summed E-state index contributed by atoms with van der Waals surface area (Å²) in [5.74, 6) is -0.356. The van der Waals surface area contributed by atoms with Crippen molar-refractivity contribution in [1.29, 1.82) is 0 Å². The summed E-state index contributed by atoms with van der Waals surface area (Å²) in [6.45, 7) is 0.703. The van der Waals surface area contributed by atoms with E-state index in [0.717, 1.165) is 10.8 Å². The number of hydrogen-bond donors (Lipinski definition) is 1. The molecule has 0 bridgehead atoms. The van der Waals surface area contributed by atoms with E-state index in [1.807, 2.05) is 24.3 Å². The molecule has 1 aliphatic rings. The van der Waals surface area contributed by atoms with Gasteiger partial charge in [-0.25, -0.2) is 18.2 Å². The third kappa shape index (κ3) is 3.68. The molecular formula is C23H21N5O5S. The number of aryl methyl sites for hydroxylation is 1. The number of pyridine rings is 1. The molecule has 0 radical (unpaired) electrons. The summed E-state index contributed by atoms with van der Waals surface area (Å²) in [4.78, 5) is 45.0. The minimum absolute atomic E-state index is 0.130. The number of H-pyrrole nitrogens is 1. The Morgan fingerprint density at radius 2 is 1.68 bits per heavy atom. The van der Waals surface area contributed by atoms with Crippen molar-refractivity contribution in [1.82, 2.24) is 23.7 Å². The van der Waals surface area contributed by atoms with E-state index < -0.39 is 21.3 Å². The van der Waals surface area contributed by atoms with Crippen molar-refractivity contribution >= 4 is 37.7 Å². The number of piperazine rings is 1. The molecule has 1 N–H and O–H groups in total. The van der Waals surface area contributed by atoms with Crippen LogP contribution in [0.3, 0.4) is 0 Å². The van der Waals surface area contributed by atoms with E-state index in [1.165, 1.54) is 33.1 Å². The summed E-state index contributed by atoms with van der Waals surface area (Å²) in [6.07, 6.45) is 1.32. The van der Waals surface area contributed by atoms with E-state index in [-0.39, 0.29) is 53.6 Å². The highest BCUT2D eigenvalue weighted by Gasteiger charge is 2.31. The van der Waals surface area contributed by atoms with Gasteiger partial charge in [0, 0.05) is 39.4 Å². The number of aromatic nitrogens is 3. The van der Waals surface area contributed by atoms with Crippen LogP contribution in [0.25, 0.3) is 21.8 Å². The molecular weight excluding hydrogens is 458 g/mol. The van der Waals surface area contributed by atoms with Crippen LogP contribution in [-0.4, -0.2) is 64.2 Å². The van der Waals surface area contributed by atoms with Crippen molar-refractivity contribution in [2.75, 3.05) is 26.2 Å². The number of aromatic amines is 1. The molecule has 4 aromatic rings. The molecule has 11 heteroatoms. The van der Waals surface area contributed by atoms with E-state index in [1.54, 1.807) is 18.2 Å². The number of nitrogens with one attached hydrogen (secondary N) is 1. The fourth-order valence-electron chi connectivity index (χ4n) is 4.14. The van der Waals surface area contributed by atoms with Gasteiger partial charge in [0.05, 0.1) is 15.8 Å². The first kappa shape index (κ1) is 22.0. The van der Waals surface area contributed by atoms with Gasteiger partial charge in [0.2, 0.25) is 10.0 Å². The Hall–Kier alpha value is -3.83. The highest BCUT2D eigenvalue weighted by Crippen LogP contribution is 2.23. The minimum Gasteiger partial charge on any atom is -0.336 e. The Morgan fingerprint density at radius 1 is 0.971 bits per heavy atom. The van der Waals surface area contributed by atoms with Gasteiger partial charge in [-0.05, 0) is 29.0 Å². The largest absolute Gasteiger partial charge is 0.336 e. The second-order valence-corrected chi connectivity index (χ2v) is 10.1. The summed E-state index contributed by atoms with van der Waals surface area (Å²) >= 11 is 0. The van der Waals surface area contributed by atoms with Crippen molar-refractivity contribution in [2.24, 2.45) is 7.05 Å². The molecule has 0 saturated carbocycles. The Bertz CT molecular complexity index is 1670. The van der Waals surface area contributed by atoms with Crippen molar-refractivity contribution < 1.29 is 13.2 Å². The molecule has 5 rings (SSSR count). The molecule has 174 valence electrons. The fraction of sp³-hybridized carbons (Fsp3) is 0.217. The average molecular weight is 480 g/mol. The molecule has 34 heavy (non-hydrogen) atoms. The Labute approximate surface area is 194 Å². The molecule has 0 spiro atoms. The maximum Gasteiger partial charge on any atom is 0.329 e. The van der Waals surface area contributed by atoms with Crippen LogP contribution in [0.4, 0.5) is 0 Å². The number of carbonyl (C=O) groups is 1. The average Bonchev–Trinajstić information content (AvgIpc) is 2.86. The Kier molecular flexibility index (Phi) is 5.29. The van der Waals surface area contributed by atoms with Gasteiger partial charge in [0.1, 0.15) is 5.65 Å². The molecule has 1 aliphatic heterocycles. The standard InChI is InChI=1S/C23H21N5O5S/c1-26-20-19(21(29)25-23(26)31)13-17(14-24-20)22(30)27-8-10-28(11-9-27)34(32,33)18-7-6-15-4-2-3-5-16(15)12-18/h2-7,12-14H,8-11H2,1H3,(H,25,29,31). The normalized spacial score (nSPS) is 15.1. The van der Waals surface area contributed by atoms with Gasteiger partial charge < -0.3 is 4.90 Å². The fourth-order valence-corrected chi connectivity index (χ4v) is 5.60. The minimum atomic E-state index is -3.71. The number of benzene rings is 2. The second-order valence-electron chi connectivity index (χ2n) is 8.12. The molecule has 2 aromatic heterocycles. The number of sulfonamides is 1. The smallest absolute Gasteiger partial charge is 0.329 e. The number of rotatable bonds is 3. The first-order valence-corrected chi connectivity index (χ1v) is 12.1. The number of amides is 1. The van der Waals surface area contributed by atoms with Crippen LogP contribution in [0.15, 0.2) is 69.2 Å². The maximum atomic E-state index is 13.2. The van der Waals surface area contributed by atoms with Crippen LogP contribution in [-0.2, 0) is 17.1 Å². The molecule has 0 aliphatic carbocycles. The van der Waals surface area contributed by atoms with Gasteiger partial charge in [-0.15, -0.1) is 0 Å². The van der Waals surface area contributed by atoms with E-state index in [4.69, 9.17) is 0 Å². The number of carbonyl (C=O) groups excluding carboxylic acids is 1. The molecule has 0 unspecified atom stereocenters. The van der Waals surface area contributed by atoms with Gasteiger partial charge >= 0.3 is 5.69 Å². The van der Waals surface area contributed by atoms with E-state index in [2.05, 4.69) is 9.97 Å². The summed E-state index contributed by atoms with van der Waals surface area (Å²) in [5, 5.41) is 1.93. The van der Waals surface area contributed by atoms with Gasteiger partial charge in [-0.1, -0.05) is 30.3 Å². The third-order valence-corrected chi connectivity index (χ3v) is 7.98. The summed E-state index contributed by atoms with van der Waals surface area (Å²) in [6, 6.07) is 14.0. The summed E-state index contributed by atoms with van der Waals surface area (Å²) in [7, 11) is -2.23. The number of nitrogens with zero attached hydrogens (tertiary/aromatic N) is 4. The summed E-state index contributed by atoms with van der Waals surface area (Å²) < 4.78 is 28.9. The van der Waals surface area contributed by atoms with Crippen LogP contribution >= 0.6 is 0 Å². The highest BCUT2D eigenvalue weighted by atomic mass is 32.2. The first-order valence-electron chi connectivity index (χ1n) is 10.6. The maximum absolute atomic E-state index is 13.2. The second kappa shape index (κ2) is 8.19. The number of fused-ring (bicyclic) bond motifs is 2. The molecule has 1 amide bonds. The first-order chi connectivity index (χ1) is 16.3. The third-order valence-electron chi connectivity index (χ3n) is 6.09. The van der Waals surface area contributed by atoms with Crippen molar-refractivity contribution in [2.45, 2.75) is 4.90 Å². The van der Waals surface area contributed by atoms with Gasteiger partial charge in [-0.2, -0.15) is 4.31 Å². The van der Waals surface area contributed by atoms with Crippen molar-refractivity contribution in [3.05, 3.63) is 81.1 Å². The molecule has 3 heterocycles. The monoisotopic (exact) mass is 479 g/mol.